The van der Waals surface area contributed by atoms with Crippen molar-refractivity contribution in [1.29, 1.82) is 0 Å². The number of nitrogens with zero attached hydrogens (tertiary/aromatic N) is 2. The van der Waals surface area contributed by atoms with Crippen LogP contribution >= 0.6 is 0 Å². The van der Waals surface area contributed by atoms with Crippen LogP contribution in [0.25, 0.3) is 11.4 Å². The summed E-state index contributed by atoms with van der Waals surface area (Å²) < 4.78 is 5.16. The van der Waals surface area contributed by atoms with Gasteiger partial charge in [0.1, 0.15) is 5.82 Å². The minimum absolute atomic E-state index is 0.490. The lowest BCUT2D eigenvalue weighted by molar-refractivity contribution is 0.181. The van der Waals surface area contributed by atoms with Crippen LogP contribution < -0.4 is 5.32 Å². The second-order valence-corrected chi connectivity index (χ2v) is 5.15. The fraction of sp³-hybridized carbons (Fsp3) is 0.375. The van der Waals surface area contributed by atoms with Crippen LogP contribution in [0.3, 0.4) is 0 Å². The summed E-state index contributed by atoms with van der Waals surface area (Å²) >= 11 is 0. The average molecular weight is 269 g/mol. The van der Waals surface area contributed by atoms with E-state index in [9.17, 15) is 0 Å². The Bertz CT molecular complexity index is 591. The molecule has 4 heteroatoms. The van der Waals surface area contributed by atoms with E-state index >= 15 is 0 Å². The van der Waals surface area contributed by atoms with E-state index in [2.05, 4.69) is 39.6 Å². The molecule has 0 saturated heterocycles. The fourth-order valence-corrected chi connectivity index (χ4v) is 2.30. The second kappa shape index (κ2) is 5.59. The van der Waals surface area contributed by atoms with Crippen molar-refractivity contribution in [2.45, 2.75) is 25.4 Å². The monoisotopic (exact) mass is 269 g/mol. The summed E-state index contributed by atoms with van der Waals surface area (Å²) in [5, 5.41) is 3.07. The normalized spacial score (nSPS) is 14.3. The molecule has 20 heavy (non-hydrogen) atoms. The number of anilines is 1. The molecular formula is C16H19N3O. The largest absolute Gasteiger partial charge is 0.378 e. The summed E-state index contributed by atoms with van der Waals surface area (Å²) in [6.07, 6.45) is 2.64. The molecule has 1 aromatic carbocycles. The number of ether oxygens (including phenoxy) is 1. The zero-order chi connectivity index (χ0) is 13.9. The summed E-state index contributed by atoms with van der Waals surface area (Å²) in [6, 6.07) is 10.5. The molecule has 104 valence electrons. The van der Waals surface area contributed by atoms with Crippen molar-refractivity contribution in [2.24, 2.45) is 0 Å². The van der Waals surface area contributed by atoms with E-state index in [-0.39, 0.29) is 0 Å². The first kappa shape index (κ1) is 13.1. The van der Waals surface area contributed by atoms with E-state index in [1.165, 1.54) is 18.4 Å². The van der Waals surface area contributed by atoms with Gasteiger partial charge in [-0.05, 0) is 24.3 Å². The Morgan fingerprint density at radius 2 is 1.95 bits per heavy atom. The lowest BCUT2D eigenvalue weighted by Gasteiger charge is -2.08. The molecular weight excluding hydrogens is 250 g/mol. The van der Waals surface area contributed by atoms with Crippen molar-refractivity contribution < 1.29 is 4.74 Å². The maximum atomic E-state index is 5.16. The van der Waals surface area contributed by atoms with Gasteiger partial charge in [0.2, 0.25) is 0 Å². The van der Waals surface area contributed by atoms with Crippen LogP contribution in [-0.4, -0.2) is 24.1 Å². The molecule has 1 aromatic heterocycles. The van der Waals surface area contributed by atoms with Crippen molar-refractivity contribution in [3.8, 4) is 11.4 Å². The number of hydrogen-bond acceptors (Lipinski definition) is 4. The Morgan fingerprint density at radius 3 is 2.55 bits per heavy atom. The molecule has 2 aromatic rings. The summed E-state index contributed by atoms with van der Waals surface area (Å²) in [6.45, 7) is 0.490. The van der Waals surface area contributed by atoms with E-state index in [0.29, 0.717) is 6.61 Å². The molecule has 0 spiro atoms. The maximum absolute atomic E-state index is 5.16. The fourth-order valence-electron chi connectivity index (χ4n) is 2.30. The van der Waals surface area contributed by atoms with Crippen molar-refractivity contribution in [1.82, 2.24) is 9.97 Å². The van der Waals surface area contributed by atoms with Crippen LogP contribution in [0.15, 0.2) is 30.3 Å². The zero-order valence-electron chi connectivity index (χ0n) is 11.9. The second-order valence-electron chi connectivity index (χ2n) is 5.15. The molecule has 1 aliphatic carbocycles. The highest BCUT2D eigenvalue weighted by atomic mass is 16.5. The Labute approximate surface area is 119 Å². The van der Waals surface area contributed by atoms with E-state index in [0.717, 1.165) is 28.8 Å². The van der Waals surface area contributed by atoms with Crippen molar-refractivity contribution in [3.05, 3.63) is 41.6 Å². The number of benzene rings is 1. The quantitative estimate of drug-likeness (QED) is 0.905. The molecule has 3 rings (SSSR count). The van der Waals surface area contributed by atoms with Crippen molar-refractivity contribution >= 4 is 5.82 Å². The highest BCUT2D eigenvalue weighted by molar-refractivity contribution is 5.58. The summed E-state index contributed by atoms with van der Waals surface area (Å²) in [7, 11) is 3.53. The van der Waals surface area contributed by atoms with Gasteiger partial charge >= 0.3 is 0 Å². The first-order chi connectivity index (χ1) is 9.80. The average Bonchev–Trinajstić information content (AvgIpc) is 3.32. The number of aromatic nitrogens is 2. The summed E-state index contributed by atoms with van der Waals surface area (Å²) in [4.78, 5) is 9.07. The van der Waals surface area contributed by atoms with Gasteiger partial charge in [-0.3, -0.25) is 0 Å². The van der Waals surface area contributed by atoms with Crippen LogP contribution in [0.4, 0.5) is 5.82 Å². The van der Waals surface area contributed by atoms with Gasteiger partial charge in [0.05, 0.1) is 12.3 Å². The van der Waals surface area contributed by atoms with Crippen molar-refractivity contribution in [2.75, 3.05) is 19.5 Å². The van der Waals surface area contributed by atoms with E-state index in [4.69, 9.17) is 4.74 Å². The van der Waals surface area contributed by atoms with Crippen LogP contribution in [0.2, 0.25) is 0 Å². The number of hydrogen-bond donors (Lipinski definition) is 1. The first-order valence-electron chi connectivity index (χ1n) is 6.95. The molecule has 0 aliphatic heterocycles. The van der Waals surface area contributed by atoms with Gasteiger partial charge in [-0.25, -0.2) is 9.97 Å². The third-order valence-corrected chi connectivity index (χ3v) is 3.55. The van der Waals surface area contributed by atoms with Crippen LogP contribution in [0.1, 0.15) is 30.0 Å². The predicted molar refractivity (Wildman–Crippen MR) is 79.7 cm³/mol. The summed E-state index contributed by atoms with van der Waals surface area (Å²) in [5.41, 5.74) is 3.35. The SMILES string of the molecule is CNc1cc(COC)nc(-c2ccc(C3CC3)cc2)n1. The Hall–Kier alpha value is -1.94. The molecule has 1 fully saturated rings. The topological polar surface area (TPSA) is 47.0 Å². The van der Waals surface area contributed by atoms with Gasteiger partial charge in [-0.2, -0.15) is 0 Å². The molecule has 1 N–H and O–H groups in total. The van der Waals surface area contributed by atoms with Crippen molar-refractivity contribution in [3.63, 3.8) is 0 Å². The number of rotatable bonds is 5. The van der Waals surface area contributed by atoms with Gasteiger partial charge in [-0.1, -0.05) is 24.3 Å². The zero-order valence-corrected chi connectivity index (χ0v) is 11.9. The highest BCUT2D eigenvalue weighted by Gasteiger charge is 2.23. The van der Waals surface area contributed by atoms with Gasteiger partial charge in [0.15, 0.2) is 5.82 Å². The smallest absolute Gasteiger partial charge is 0.161 e. The third-order valence-electron chi connectivity index (χ3n) is 3.55. The van der Waals surface area contributed by atoms with Crippen LogP contribution in [0.5, 0.6) is 0 Å². The van der Waals surface area contributed by atoms with Crippen LogP contribution in [0, 0.1) is 0 Å². The Morgan fingerprint density at radius 1 is 1.20 bits per heavy atom. The third kappa shape index (κ3) is 2.80. The first-order valence-corrected chi connectivity index (χ1v) is 6.95. The lowest BCUT2D eigenvalue weighted by atomic mass is 10.1. The number of methoxy groups -OCH3 is 1. The van der Waals surface area contributed by atoms with E-state index in [1.54, 1.807) is 7.11 Å². The molecule has 0 unspecified atom stereocenters. The highest BCUT2D eigenvalue weighted by Crippen LogP contribution is 2.40. The van der Waals surface area contributed by atoms with Crippen LogP contribution in [-0.2, 0) is 11.3 Å². The van der Waals surface area contributed by atoms with Gasteiger partial charge < -0.3 is 10.1 Å². The minimum Gasteiger partial charge on any atom is -0.378 e. The molecule has 1 saturated carbocycles. The number of nitrogens with one attached hydrogen (secondary N) is 1. The molecule has 0 atom stereocenters. The minimum atomic E-state index is 0.490. The Kier molecular flexibility index (Phi) is 3.65. The standard InChI is InChI=1S/C16H19N3O/c1-17-15-9-14(10-20-2)18-16(19-15)13-7-5-12(6-8-13)11-3-4-11/h5-9,11H,3-4,10H2,1-2H3,(H,17,18,19). The molecule has 0 amide bonds. The predicted octanol–water partition coefficient (Wildman–Crippen LogP) is 3.21. The van der Waals surface area contributed by atoms with E-state index in [1.807, 2.05) is 13.1 Å². The summed E-state index contributed by atoms with van der Waals surface area (Å²) in [5.74, 6) is 2.33. The van der Waals surface area contributed by atoms with E-state index < -0.39 is 0 Å². The Balaban J connectivity index is 1.92. The van der Waals surface area contributed by atoms with Gasteiger partial charge in [0, 0.05) is 25.8 Å². The maximum Gasteiger partial charge on any atom is 0.161 e. The lowest BCUT2D eigenvalue weighted by Crippen LogP contribution is -2.01. The molecule has 0 radical (unpaired) electrons. The molecule has 1 aliphatic rings. The molecule has 1 heterocycles. The van der Waals surface area contributed by atoms with Gasteiger partial charge in [0.25, 0.3) is 0 Å². The molecule has 4 nitrogen and oxygen atoms in total. The molecule has 0 bridgehead atoms. The van der Waals surface area contributed by atoms with Gasteiger partial charge in [-0.15, -0.1) is 0 Å².